The SMILES string of the molecule is c1ccc(-c2nc(-c3ccc(-c4cccc5c4oc4ccccc45)cc3)cc(-c3cc(-c4cccc5c4oc4ccccc45)cc(-c4cccc5c4oc4ccccc45)c3)n2)cc1. The first-order valence-electron chi connectivity index (χ1n) is 21.1. The molecular weight excluding hydrogens is 773 g/mol. The van der Waals surface area contributed by atoms with E-state index in [-0.39, 0.29) is 0 Å². The Balaban J connectivity index is 1.01. The molecule has 294 valence electrons. The van der Waals surface area contributed by atoms with Gasteiger partial charge in [0.15, 0.2) is 5.82 Å². The van der Waals surface area contributed by atoms with Crippen LogP contribution in [0, 0.1) is 0 Å². The summed E-state index contributed by atoms with van der Waals surface area (Å²) in [5, 5.41) is 6.55. The Morgan fingerprint density at radius 3 is 1.13 bits per heavy atom. The number of hydrogen-bond donors (Lipinski definition) is 0. The van der Waals surface area contributed by atoms with E-state index in [0.29, 0.717) is 5.82 Å². The summed E-state index contributed by atoms with van der Waals surface area (Å²) < 4.78 is 19.7. The van der Waals surface area contributed by atoms with Crippen LogP contribution in [0.1, 0.15) is 0 Å². The van der Waals surface area contributed by atoms with Gasteiger partial charge in [-0.3, -0.25) is 0 Å². The van der Waals surface area contributed by atoms with Crippen molar-refractivity contribution < 1.29 is 13.3 Å². The van der Waals surface area contributed by atoms with Gasteiger partial charge in [-0.15, -0.1) is 0 Å². The summed E-state index contributed by atoms with van der Waals surface area (Å²) >= 11 is 0. The lowest BCUT2D eigenvalue weighted by molar-refractivity contribution is 0.669. The summed E-state index contributed by atoms with van der Waals surface area (Å²) in [7, 11) is 0. The van der Waals surface area contributed by atoms with E-state index < -0.39 is 0 Å². The van der Waals surface area contributed by atoms with Crippen LogP contribution in [0.4, 0.5) is 0 Å². The van der Waals surface area contributed by atoms with E-state index >= 15 is 0 Å². The van der Waals surface area contributed by atoms with E-state index in [2.05, 4.69) is 152 Å². The molecule has 13 rings (SSSR count). The van der Waals surface area contributed by atoms with Crippen molar-refractivity contribution in [3.63, 3.8) is 0 Å². The lowest BCUT2D eigenvalue weighted by Gasteiger charge is -2.14. The number of aromatic nitrogens is 2. The minimum atomic E-state index is 0.643. The Hall–Kier alpha value is -8.54. The van der Waals surface area contributed by atoms with Crippen LogP contribution >= 0.6 is 0 Å². The molecule has 0 aliphatic heterocycles. The van der Waals surface area contributed by atoms with Gasteiger partial charge < -0.3 is 13.3 Å². The zero-order chi connectivity index (χ0) is 41.4. The number of fused-ring (bicyclic) bond motifs is 9. The molecule has 0 atom stereocenters. The molecule has 9 aromatic carbocycles. The van der Waals surface area contributed by atoms with Gasteiger partial charge in [-0.2, -0.15) is 0 Å². The highest BCUT2D eigenvalue weighted by atomic mass is 16.3. The molecule has 5 heteroatoms. The average molecular weight is 807 g/mol. The molecule has 4 aromatic heterocycles. The number of para-hydroxylation sites is 6. The zero-order valence-electron chi connectivity index (χ0n) is 33.7. The van der Waals surface area contributed by atoms with Gasteiger partial charge in [0.05, 0.1) is 11.4 Å². The van der Waals surface area contributed by atoms with E-state index in [0.717, 1.165) is 127 Å². The third-order valence-electron chi connectivity index (χ3n) is 12.3. The first-order chi connectivity index (χ1) is 31.2. The summed E-state index contributed by atoms with van der Waals surface area (Å²) in [5.74, 6) is 0.643. The third-order valence-corrected chi connectivity index (χ3v) is 12.3. The van der Waals surface area contributed by atoms with Crippen LogP contribution in [-0.4, -0.2) is 9.97 Å². The number of furan rings is 3. The first-order valence-corrected chi connectivity index (χ1v) is 21.1. The molecule has 13 aromatic rings. The molecule has 0 fully saturated rings. The van der Waals surface area contributed by atoms with Crippen LogP contribution in [0.5, 0.6) is 0 Å². The molecule has 5 nitrogen and oxygen atoms in total. The lowest BCUT2D eigenvalue weighted by atomic mass is 9.93. The number of benzene rings is 9. The van der Waals surface area contributed by atoms with E-state index in [1.165, 1.54) is 0 Å². The van der Waals surface area contributed by atoms with Crippen molar-refractivity contribution in [2.75, 3.05) is 0 Å². The molecule has 0 unspecified atom stereocenters. The van der Waals surface area contributed by atoms with Crippen LogP contribution in [0.15, 0.2) is 220 Å². The predicted molar refractivity (Wildman–Crippen MR) is 256 cm³/mol. The van der Waals surface area contributed by atoms with Crippen LogP contribution < -0.4 is 0 Å². The van der Waals surface area contributed by atoms with Crippen molar-refractivity contribution in [3.05, 3.63) is 206 Å². The number of hydrogen-bond acceptors (Lipinski definition) is 5. The van der Waals surface area contributed by atoms with E-state index in [1.807, 2.05) is 54.6 Å². The molecule has 0 saturated heterocycles. The Kier molecular flexibility index (Phi) is 7.84. The monoisotopic (exact) mass is 806 g/mol. The molecule has 4 heterocycles. The lowest BCUT2D eigenvalue weighted by Crippen LogP contribution is -1.96. The van der Waals surface area contributed by atoms with Gasteiger partial charge in [0.1, 0.15) is 33.5 Å². The van der Waals surface area contributed by atoms with Gasteiger partial charge >= 0.3 is 0 Å². The minimum absolute atomic E-state index is 0.643. The van der Waals surface area contributed by atoms with Gasteiger partial charge in [-0.05, 0) is 59.2 Å². The molecule has 63 heavy (non-hydrogen) atoms. The van der Waals surface area contributed by atoms with Gasteiger partial charge in [0.25, 0.3) is 0 Å². The smallest absolute Gasteiger partial charge is 0.160 e. The van der Waals surface area contributed by atoms with Crippen molar-refractivity contribution in [1.82, 2.24) is 9.97 Å². The second-order valence-electron chi connectivity index (χ2n) is 16.0. The molecule has 0 N–H and O–H groups in total. The molecule has 0 spiro atoms. The zero-order valence-corrected chi connectivity index (χ0v) is 33.7. The fourth-order valence-corrected chi connectivity index (χ4v) is 9.29. The van der Waals surface area contributed by atoms with Gasteiger partial charge in [-0.1, -0.05) is 164 Å². The van der Waals surface area contributed by atoms with Crippen LogP contribution in [0.2, 0.25) is 0 Å². The Bertz CT molecular complexity index is 3780. The van der Waals surface area contributed by atoms with Crippen LogP contribution in [0.25, 0.3) is 133 Å². The van der Waals surface area contributed by atoms with Gasteiger partial charge in [-0.25, -0.2) is 9.97 Å². The highest BCUT2D eigenvalue weighted by molar-refractivity contribution is 6.12. The van der Waals surface area contributed by atoms with Crippen molar-refractivity contribution in [1.29, 1.82) is 0 Å². The maximum atomic E-state index is 6.62. The summed E-state index contributed by atoms with van der Waals surface area (Å²) in [5.41, 5.74) is 15.8. The fraction of sp³-hybridized carbons (Fsp3) is 0. The number of nitrogens with zero attached hydrogens (tertiary/aromatic N) is 2. The minimum Gasteiger partial charge on any atom is -0.455 e. The van der Waals surface area contributed by atoms with E-state index in [4.69, 9.17) is 23.2 Å². The van der Waals surface area contributed by atoms with E-state index in [1.54, 1.807) is 0 Å². The molecule has 0 radical (unpaired) electrons. The van der Waals surface area contributed by atoms with Gasteiger partial charge in [0.2, 0.25) is 0 Å². The molecular formula is C58H34N2O3. The summed E-state index contributed by atoms with van der Waals surface area (Å²) in [6.07, 6.45) is 0. The Morgan fingerprint density at radius 1 is 0.254 bits per heavy atom. The number of rotatable bonds is 6. The quantitative estimate of drug-likeness (QED) is 0.167. The second kappa shape index (κ2) is 14.0. The maximum absolute atomic E-state index is 6.62. The molecule has 0 aliphatic carbocycles. The molecule has 0 bridgehead atoms. The van der Waals surface area contributed by atoms with Crippen molar-refractivity contribution in [2.24, 2.45) is 0 Å². The van der Waals surface area contributed by atoms with Crippen molar-refractivity contribution in [2.45, 2.75) is 0 Å². The topological polar surface area (TPSA) is 65.2 Å². The van der Waals surface area contributed by atoms with Crippen LogP contribution in [0.3, 0.4) is 0 Å². The first kappa shape index (κ1) is 35.2. The summed E-state index contributed by atoms with van der Waals surface area (Å²) in [6, 6.07) is 71.4. The van der Waals surface area contributed by atoms with Gasteiger partial charge in [0, 0.05) is 65.7 Å². The maximum Gasteiger partial charge on any atom is 0.160 e. The molecule has 0 aliphatic rings. The van der Waals surface area contributed by atoms with E-state index in [9.17, 15) is 0 Å². The molecule has 0 saturated carbocycles. The second-order valence-corrected chi connectivity index (χ2v) is 16.0. The standard InChI is InChI=1S/C58H34N2O3/c1-2-13-37(14-3-1)58-59-50(36-29-27-35(28-30-36)41-18-10-21-47-44-15-4-7-24-52(44)61-55(41)47)34-51(60-58)40-32-38(42-19-11-22-48-45-16-5-8-25-53(45)62-56(42)48)31-39(33-40)43-20-12-23-49-46-17-6-9-26-54(46)63-57(43)49/h1-34H. The largest absolute Gasteiger partial charge is 0.455 e. The normalized spacial score (nSPS) is 11.8. The fourth-order valence-electron chi connectivity index (χ4n) is 9.29. The summed E-state index contributed by atoms with van der Waals surface area (Å²) in [4.78, 5) is 10.5. The Labute approximate surface area is 361 Å². The average Bonchev–Trinajstić information content (AvgIpc) is 4.06. The highest BCUT2D eigenvalue weighted by Gasteiger charge is 2.20. The van der Waals surface area contributed by atoms with Crippen LogP contribution in [-0.2, 0) is 0 Å². The third kappa shape index (κ3) is 5.78. The predicted octanol–water partition coefficient (Wildman–Crippen LogP) is 16.2. The Morgan fingerprint density at radius 2 is 0.635 bits per heavy atom. The summed E-state index contributed by atoms with van der Waals surface area (Å²) in [6.45, 7) is 0. The molecule has 0 amide bonds. The van der Waals surface area contributed by atoms with Crippen molar-refractivity contribution >= 4 is 65.8 Å². The highest BCUT2D eigenvalue weighted by Crippen LogP contribution is 2.43. The van der Waals surface area contributed by atoms with Crippen molar-refractivity contribution in [3.8, 4) is 67.3 Å².